The first kappa shape index (κ1) is 20.2. The SMILES string of the molecule is BrC1(c2c3ccccc3c(-c3ccccc3)c3ccccc23)C=CC(c2ccccc2)=CC1. The highest BCUT2D eigenvalue weighted by atomic mass is 79.9. The second-order valence-corrected chi connectivity index (χ2v) is 10.0. The topological polar surface area (TPSA) is 0 Å². The Labute approximate surface area is 203 Å². The van der Waals surface area contributed by atoms with Crippen LogP contribution in [0.2, 0.25) is 0 Å². The lowest BCUT2D eigenvalue weighted by molar-refractivity contribution is 0.815. The van der Waals surface area contributed by atoms with Crippen molar-refractivity contribution in [3.8, 4) is 11.1 Å². The van der Waals surface area contributed by atoms with Crippen molar-refractivity contribution in [1.29, 1.82) is 0 Å². The zero-order valence-corrected chi connectivity index (χ0v) is 19.8. The highest BCUT2D eigenvalue weighted by Crippen LogP contribution is 2.49. The molecule has 0 aliphatic heterocycles. The van der Waals surface area contributed by atoms with E-state index in [1.165, 1.54) is 49.4 Å². The molecule has 0 saturated carbocycles. The first-order valence-electron chi connectivity index (χ1n) is 11.4. The number of benzene rings is 5. The lowest BCUT2D eigenvalue weighted by Crippen LogP contribution is -2.18. The van der Waals surface area contributed by atoms with Crippen molar-refractivity contribution < 1.29 is 0 Å². The van der Waals surface area contributed by atoms with Crippen molar-refractivity contribution in [3.05, 3.63) is 139 Å². The largest absolute Gasteiger partial charge is 0.0751 e. The Morgan fingerprint density at radius 2 is 1.03 bits per heavy atom. The van der Waals surface area contributed by atoms with E-state index < -0.39 is 0 Å². The number of allylic oxidation sites excluding steroid dienone is 4. The smallest absolute Gasteiger partial charge is 0.0735 e. The molecule has 1 aliphatic carbocycles. The summed E-state index contributed by atoms with van der Waals surface area (Å²) in [5.41, 5.74) is 6.44. The summed E-state index contributed by atoms with van der Waals surface area (Å²) in [6, 6.07) is 39.1. The van der Waals surface area contributed by atoms with E-state index in [4.69, 9.17) is 0 Å². The van der Waals surface area contributed by atoms with E-state index in [2.05, 4.69) is 143 Å². The molecule has 158 valence electrons. The average molecular weight is 487 g/mol. The van der Waals surface area contributed by atoms with Gasteiger partial charge in [0, 0.05) is 0 Å². The average Bonchev–Trinajstić information content (AvgIpc) is 2.88. The molecule has 5 aromatic carbocycles. The summed E-state index contributed by atoms with van der Waals surface area (Å²) in [6.45, 7) is 0. The molecule has 1 aliphatic rings. The Morgan fingerprint density at radius 1 is 0.545 bits per heavy atom. The molecule has 0 nitrogen and oxygen atoms in total. The molecule has 0 radical (unpaired) electrons. The van der Waals surface area contributed by atoms with Gasteiger partial charge in [-0.05, 0) is 55.8 Å². The van der Waals surface area contributed by atoms with Gasteiger partial charge in [0.25, 0.3) is 0 Å². The summed E-state index contributed by atoms with van der Waals surface area (Å²) in [7, 11) is 0. The van der Waals surface area contributed by atoms with Crippen LogP contribution in [-0.2, 0) is 4.32 Å². The second kappa shape index (κ2) is 8.17. The van der Waals surface area contributed by atoms with Gasteiger partial charge >= 0.3 is 0 Å². The number of fused-ring (bicyclic) bond motifs is 2. The molecule has 0 amide bonds. The molecule has 0 bridgehead atoms. The minimum absolute atomic E-state index is 0.264. The van der Waals surface area contributed by atoms with Crippen LogP contribution in [0.25, 0.3) is 38.2 Å². The van der Waals surface area contributed by atoms with Crippen molar-refractivity contribution in [3.63, 3.8) is 0 Å². The van der Waals surface area contributed by atoms with Crippen LogP contribution in [0.3, 0.4) is 0 Å². The molecular formula is C32H23Br. The first-order chi connectivity index (χ1) is 16.2. The molecule has 5 aromatic rings. The number of hydrogen-bond acceptors (Lipinski definition) is 0. The lowest BCUT2D eigenvalue weighted by Gasteiger charge is -2.31. The molecule has 0 spiro atoms. The van der Waals surface area contributed by atoms with E-state index in [1.54, 1.807) is 0 Å². The highest BCUT2D eigenvalue weighted by molar-refractivity contribution is 9.09. The molecule has 1 unspecified atom stereocenters. The van der Waals surface area contributed by atoms with E-state index in [0.717, 1.165) is 6.42 Å². The first-order valence-corrected chi connectivity index (χ1v) is 12.2. The Bertz CT molecular complexity index is 1470. The van der Waals surface area contributed by atoms with Crippen molar-refractivity contribution >= 4 is 43.0 Å². The summed E-state index contributed by atoms with van der Waals surface area (Å²) in [4.78, 5) is 0. The molecule has 6 rings (SSSR count). The van der Waals surface area contributed by atoms with E-state index in [0.29, 0.717) is 0 Å². The third-order valence-electron chi connectivity index (χ3n) is 6.66. The van der Waals surface area contributed by atoms with Gasteiger partial charge in [0.2, 0.25) is 0 Å². The summed E-state index contributed by atoms with van der Waals surface area (Å²) in [6.07, 6.45) is 7.86. The van der Waals surface area contributed by atoms with Crippen LogP contribution in [0.15, 0.2) is 127 Å². The van der Waals surface area contributed by atoms with Crippen molar-refractivity contribution in [1.82, 2.24) is 0 Å². The lowest BCUT2D eigenvalue weighted by atomic mass is 9.80. The van der Waals surface area contributed by atoms with Gasteiger partial charge in [0.1, 0.15) is 0 Å². The fourth-order valence-corrected chi connectivity index (χ4v) is 5.86. The van der Waals surface area contributed by atoms with Crippen molar-refractivity contribution in [2.45, 2.75) is 10.7 Å². The maximum Gasteiger partial charge on any atom is 0.0735 e. The quantitative estimate of drug-likeness (QED) is 0.176. The van der Waals surface area contributed by atoms with E-state index in [9.17, 15) is 0 Å². The van der Waals surface area contributed by atoms with Gasteiger partial charge in [-0.25, -0.2) is 0 Å². The van der Waals surface area contributed by atoms with Crippen LogP contribution in [0.5, 0.6) is 0 Å². The third-order valence-corrected chi connectivity index (χ3v) is 7.65. The number of hydrogen-bond donors (Lipinski definition) is 0. The van der Waals surface area contributed by atoms with Crippen molar-refractivity contribution in [2.24, 2.45) is 0 Å². The van der Waals surface area contributed by atoms with Gasteiger partial charge in [0.15, 0.2) is 0 Å². The standard InChI is InChI=1S/C32H23Br/c33-32(21-19-24(20-22-32)23-11-3-1-4-12-23)31-28-17-9-7-15-26(28)30(25-13-5-2-6-14-25)27-16-8-10-18-29(27)31/h1-21H,22H2. The van der Waals surface area contributed by atoms with Gasteiger partial charge in [0.05, 0.1) is 4.32 Å². The minimum Gasteiger partial charge on any atom is -0.0751 e. The molecule has 1 atom stereocenters. The van der Waals surface area contributed by atoms with Gasteiger partial charge in [-0.2, -0.15) is 0 Å². The van der Waals surface area contributed by atoms with Gasteiger partial charge in [-0.3, -0.25) is 0 Å². The third kappa shape index (κ3) is 3.44. The van der Waals surface area contributed by atoms with Crippen LogP contribution in [0.4, 0.5) is 0 Å². The van der Waals surface area contributed by atoms with Crippen LogP contribution < -0.4 is 0 Å². The maximum atomic E-state index is 4.20. The van der Waals surface area contributed by atoms with Crippen LogP contribution in [-0.4, -0.2) is 0 Å². The normalized spacial score (nSPS) is 17.9. The van der Waals surface area contributed by atoms with E-state index in [-0.39, 0.29) is 4.32 Å². The zero-order chi connectivity index (χ0) is 22.3. The molecule has 0 heterocycles. The van der Waals surface area contributed by atoms with Crippen LogP contribution in [0.1, 0.15) is 17.5 Å². The molecule has 0 saturated heterocycles. The highest BCUT2D eigenvalue weighted by Gasteiger charge is 2.32. The van der Waals surface area contributed by atoms with Crippen LogP contribution >= 0.6 is 15.9 Å². The summed E-state index contributed by atoms with van der Waals surface area (Å²) >= 11 is 4.20. The molecule has 0 N–H and O–H groups in total. The monoisotopic (exact) mass is 486 g/mol. The van der Waals surface area contributed by atoms with Gasteiger partial charge in [-0.1, -0.05) is 143 Å². The predicted molar refractivity (Wildman–Crippen MR) is 146 cm³/mol. The number of alkyl halides is 1. The summed E-state index contributed by atoms with van der Waals surface area (Å²) in [5.74, 6) is 0. The number of halogens is 1. The Hall–Kier alpha value is -3.42. The minimum atomic E-state index is -0.264. The second-order valence-electron chi connectivity index (χ2n) is 8.63. The fourth-order valence-electron chi connectivity index (χ4n) is 5.14. The van der Waals surface area contributed by atoms with Crippen molar-refractivity contribution in [2.75, 3.05) is 0 Å². The number of rotatable bonds is 3. The van der Waals surface area contributed by atoms with Crippen LogP contribution in [0, 0.1) is 0 Å². The Kier molecular flexibility index (Phi) is 5.00. The summed E-state index contributed by atoms with van der Waals surface area (Å²) < 4.78 is -0.264. The predicted octanol–water partition coefficient (Wildman–Crippen LogP) is 9.29. The fraction of sp³-hybridized carbons (Fsp3) is 0.0625. The van der Waals surface area contributed by atoms with E-state index in [1.807, 2.05) is 0 Å². The molecule has 33 heavy (non-hydrogen) atoms. The molecule has 0 fully saturated rings. The van der Waals surface area contributed by atoms with E-state index >= 15 is 0 Å². The maximum absolute atomic E-state index is 4.20. The molecule has 0 aromatic heterocycles. The zero-order valence-electron chi connectivity index (χ0n) is 18.2. The Morgan fingerprint density at radius 3 is 1.55 bits per heavy atom. The molecule has 1 heteroatoms. The molecular weight excluding hydrogens is 464 g/mol. The van der Waals surface area contributed by atoms with Gasteiger partial charge in [-0.15, -0.1) is 0 Å². The van der Waals surface area contributed by atoms with Gasteiger partial charge < -0.3 is 0 Å². The Balaban J connectivity index is 1.60. The summed E-state index contributed by atoms with van der Waals surface area (Å²) in [5, 5.41) is 5.19.